The van der Waals surface area contributed by atoms with E-state index in [0.29, 0.717) is 10.6 Å². The highest BCUT2D eigenvalue weighted by Gasteiger charge is 2.02. The maximum absolute atomic E-state index is 10.7. The molecule has 0 heterocycles. The van der Waals surface area contributed by atoms with Crippen molar-refractivity contribution in [3.63, 3.8) is 0 Å². The zero-order valence-corrected chi connectivity index (χ0v) is 13.0. The van der Waals surface area contributed by atoms with Gasteiger partial charge in [-0.05, 0) is 42.9 Å². The molecule has 0 amide bonds. The van der Waals surface area contributed by atoms with Gasteiger partial charge in [0.25, 0.3) is 0 Å². The van der Waals surface area contributed by atoms with Gasteiger partial charge >= 0.3 is 0 Å². The summed E-state index contributed by atoms with van der Waals surface area (Å²) < 4.78 is 0. The normalized spacial score (nSPS) is 10.5. The number of halogens is 1. The van der Waals surface area contributed by atoms with Crippen LogP contribution in [0.25, 0.3) is 0 Å². The molecule has 2 aromatic rings. The second-order valence-electron chi connectivity index (χ2n) is 5.37. The Hall–Kier alpha value is -1.60. The molecule has 0 radical (unpaired) electrons. The monoisotopic (exact) mass is 300 g/mol. The Balaban J connectivity index is 1.65. The molecule has 0 bridgehead atoms. The van der Waals surface area contributed by atoms with Crippen LogP contribution >= 0.6 is 11.6 Å². The Morgan fingerprint density at radius 3 is 2.24 bits per heavy atom. The average Bonchev–Trinajstić information content (AvgIpc) is 2.53. The van der Waals surface area contributed by atoms with Crippen molar-refractivity contribution in [2.24, 2.45) is 0 Å². The van der Waals surface area contributed by atoms with Gasteiger partial charge in [-0.3, -0.25) is 4.79 Å². The van der Waals surface area contributed by atoms with Gasteiger partial charge in [0.2, 0.25) is 0 Å². The summed E-state index contributed by atoms with van der Waals surface area (Å²) in [6.07, 6.45) is 7.84. The van der Waals surface area contributed by atoms with Crippen molar-refractivity contribution in [2.45, 2.75) is 38.5 Å². The van der Waals surface area contributed by atoms with Crippen molar-refractivity contribution in [3.05, 3.63) is 70.2 Å². The number of carbonyl (C=O) groups is 1. The predicted octanol–water partition coefficient (Wildman–Crippen LogP) is 5.50. The third-order valence-electron chi connectivity index (χ3n) is 3.72. The fraction of sp³-hybridized carbons (Fsp3) is 0.316. The third-order valence-corrected chi connectivity index (χ3v) is 4.07. The molecule has 2 rings (SSSR count). The molecular weight excluding hydrogens is 280 g/mol. The first-order valence-corrected chi connectivity index (χ1v) is 7.95. The van der Waals surface area contributed by atoms with Crippen LogP contribution in [0, 0.1) is 0 Å². The number of hydrogen-bond donors (Lipinski definition) is 0. The number of rotatable bonds is 8. The molecule has 0 N–H and O–H groups in total. The molecule has 2 heteroatoms. The van der Waals surface area contributed by atoms with Gasteiger partial charge < -0.3 is 0 Å². The average molecular weight is 301 g/mol. The zero-order chi connectivity index (χ0) is 14.9. The quantitative estimate of drug-likeness (QED) is 0.465. The first-order valence-electron chi connectivity index (χ1n) is 7.57. The van der Waals surface area contributed by atoms with Gasteiger partial charge in [0.05, 0.1) is 0 Å². The predicted molar refractivity (Wildman–Crippen MR) is 89.2 cm³/mol. The molecule has 0 saturated heterocycles. The lowest BCUT2D eigenvalue weighted by molar-refractivity contribution is 0.112. The summed E-state index contributed by atoms with van der Waals surface area (Å²) in [7, 11) is 0. The third kappa shape index (κ3) is 5.35. The minimum atomic E-state index is 0.645. The van der Waals surface area contributed by atoms with Crippen LogP contribution in [-0.2, 0) is 12.8 Å². The van der Waals surface area contributed by atoms with E-state index in [-0.39, 0.29) is 0 Å². The fourth-order valence-corrected chi connectivity index (χ4v) is 2.77. The molecule has 0 spiro atoms. The van der Waals surface area contributed by atoms with Crippen molar-refractivity contribution < 1.29 is 4.79 Å². The molecule has 0 saturated carbocycles. The largest absolute Gasteiger partial charge is 0.298 e. The molecular formula is C19H21ClO. The number of unbranched alkanes of at least 4 members (excludes halogenated alkanes) is 3. The van der Waals surface area contributed by atoms with Crippen molar-refractivity contribution in [1.29, 1.82) is 0 Å². The summed E-state index contributed by atoms with van der Waals surface area (Å²) in [5, 5.41) is 0.712. The van der Waals surface area contributed by atoms with Gasteiger partial charge in [0, 0.05) is 10.6 Å². The minimum absolute atomic E-state index is 0.645. The molecule has 21 heavy (non-hydrogen) atoms. The molecule has 0 aliphatic heterocycles. The highest BCUT2D eigenvalue weighted by Crippen LogP contribution is 2.20. The summed E-state index contributed by atoms with van der Waals surface area (Å²) in [4.78, 5) is 10.7. The highest BCUT2D eigenvalue weighted by molar-refractivity contribution is 6.31. The summed E-state index contributed by atoms with van der Waals surface area (Å²) in [5.74, 6) is 0. The van der Waals surface area contributed by atoms with Gasteiger partial charge in [-0.15, -0.1) is 0 Å². The Kier molecular flexibility index (Phi) is 6.49. The molecule has 0 aliphatic rings. The SMILES string of the molecule is O=Cc1ccc(CCCCCCc2ccccc2)c(Cl)c1. The van der Waals surface area contributed by atoms with Crippen LogP contribution in [-0.4, -0.2) is 6.29 Å². The maximum Gasteiger partial charge on any atom is 0.150 e. The van der Waals surface area contributed by atoms with E-state index in [1.165, 1.54) is 24.8 Å². The lowest BCUT2D eigenvalue weighted by Gasteiger charge is -2.05. The summed E-state index contributed by atoms with van der Waals surface area (Å²) in [5.41, 5.74) is 3.21. The molecule has 0 unspecified atom stereocenters. The lowest BCUT2D eigenvalue weighted by atomic mass is 10.0. The topological polar surface area (TPSA) is 17.1 Å². The Labute approximate surface area is 132 Å². The second-order valence-corrected chi connectivity index (χ2v) is 5.78. The van der Waals surface area contributed by atoms with E-state index in [0.717, 1.165) is 31.1 Å². The number of aryl methyl sites for hydroxylation is 2. The van der Waals surface area contributed by atoms with E-state index in [1.54, 1.807) is 6.07 Å². The fourth-order valence-electron chi connectivity index (χ4n) is 2.48. The number of benzene rings is 2. The van der Waals surface area contributed by atoms with Crippen LogP contribution in [0.4, 0.5) is 0 Å². The summed E-state index contributed by atoms with van der Waals surface area (Å²) >= 11 is 6.17. The second kappa shape index (κ2) is 8.63. The molecule has 2 aromatic carbocycles. The van der Waals surface area contributed by atoms with Gasteiger partial charge in [0.15, 0.2) is 0 Å². The van der Waals surface area contributed by atoms with Crippen molar-refractivity contribution in [3.8, 4) is 0 Å². The number of carbonyl (C=O) groups excluding carboxylic acids is 1. The van der Waals surface area contributed by atoms with E-state index in [1.807, 2.05) is 12.1 Å². The van der Waals surface area contributed by atoms with Crippen molar-refractivity contribution >= 4 is 17.9 Å². The van der Waals surface area contributed by atoms with Gasteiger partial charge in [-0.25, -0.2) is 0 Å². The van der Waals surface area contributed by atoms with Crippen LogP contribution in [0.1, 0.15) is 47.2 Å². The van der Waals surface area contributed by atoms with Crippen LogP contribution in [0.3, 0.4) is 0 Å². The molecule has 0 fully saturated rings. The number of hydrogen-bond acceptors (Lipinski definition) is 1. The molecule has 1 nitrogen and oxygen atoms in total. The Morgan fingerprint density at radius 1 is 0.857 bits per heavy atom. The zero-order valence-electron chi connectivity index (χ0n) is 12.2. The van der Waals surface area contributed by atoms with Crippen LogP contribution in [0.2, 0.25) is 5.02 Å². The summed E-state index contributed by atoms with van der Waals surface area (Å²) in [6.45, 7) is 0. The standard InChI is InChI=1S/C19H21ClO/c20-19-14-17(15-21)12-13-18(19)11-7-2-1-4-8-16-9-5-3-6-10-16/h3,5-6,9-10,12-15H,1-2,4,7-8,11H2. The van der Waals surface area contributed by atoms with Crippen molar-refractivity contribution in [2.75, 3.05) is 0 Å². The van der Waals surface area contributed by atoms with Gasteiger partial charge in [-0.1, -0.05) is 66.9 Å². The smallest absolute Gasteiger partial charge is 0.150 e. The van der Waals surface area contributed by atoms with Crippen LogP contribution in [0.15, 0.2) is 48.5 Å². The summed E-state index contributed by atoms with van der Waals surface area (Å²) in [6, 6.07) is 16.2. The van der Waals surface area contributed by atoms with E-state index in [4.69, 9.17) is 11.6 Å². The maximum atomic E-state index is 10.7. The molecule has 0 aliphatic carbocycles. The molecule has 0 atom stereocenters. The minimum Gasteiger partial charge on any atom is -0.298 e. The van der Waals surface area contributed by atoms with E-state index >= 15 is 0 Å². The Morgan fingerprint density at radius 2 is 1.57 bits per heavy atom. The van der Waals surface area contributed by atoms with Crippen molar-refractivity contribution in [1.82, 2.24) is 0 Å². The van der Waals surface area contributed by atoms with E-state index < -0.39 is 0 Å². The first kappa shape index (κ1) is 15.8. The molecule has 110 valence electrons. The Bertz CT molecular complexity index is 563. The van der Waals surface area contributed by atoms with E-state index in [2.05, 4.69) is 30.3 Å². The van der Waals surface area contributed by atoms with Gasteiger partial charge in [-0.2, -0.15) is 0 Å². The first-order chi connectivity index (χ1) is 10.3. The van der Waals surface area contributed by atoms with Crippen LogP contribution < -0.4 is 0 Å². The van der Waals surface area contributed by atoms with Crippen LogP contribution in [0.5, 0.6) is 0 Å². The highest BCUT2D eigenvalue weighted by atomic mass is 35.5. The van der Waals surface area contributed by atoms with Gasteiger partial charge in [0.1, 0.15) is 6.29 Å². The molecule has 0 aromatic heterocycles. The number of aldehydes is 1. The lowest BCUT2D eigenvalue weighted by Crippen LogP contribution is -1.90. The van der Waals surface area contributed by atoms with E-state index in [9.17, 15) is 4.79 Å².